The van der Waals surface area contributed by atoms with Crippen LogP contribution in [-0.2, 0) is 59.2 Å². The van der Waals surface area contributed by atoms with Crippen LogP contribution in [0.1, 0.15) is 55.4 Å². The molecule has 0 aliphatic carbocycles. The van der Waals surface area contributed by atoms with Crippen LogP contribution in [0.15, 0.2) is 116 Å². The fourth-order valence-corrected chi connectivity index (χ4v) is 8.06. The van der Waals surface area contributed by atoms with E-state index in [0.717, 1.165) is 21.8 Å². The summed E-state index contributed by atoms with van der Waals surface area (Å²) in [6.45, 7) is 3.58. The van der Waals surface area contributed by atoms with Gasteiger partial charge in [-0.1, -0.05) is 99.1 Å². The Bertz CT molecular complexity index is 2760. The van der Waals surface area contributed by atoms with Crippen LogP contribution in [-0.4, -0.2) is 103 Å². The van der Waals surface area contributed by atoms with Crippen molar-refractivity contribution in [2.24, 2.45) is 11.7 Å². The smallest absolute Gasteiger partial charge is 0.326 e. The van der Waals surface area contributed by atoms with Crippen LogP contribution in [0.4, 0.5) is 0 Å². The Kier molecular flexibility index (Phi) is 17.3. The fraction of sp³-hybridized carbons (Fsp3) is 0.314. The third kappa shape index (κ3) is 13.8. The second-order valence-corrected chi connectivity index (χ2v) is 17.2. The number of aromatic amines is 2. The molecule has 0 radical (unpaired) electrons. The highest BCUT2D eigenvalue weighted by molar-refractivity contribution is 5.97. The number of nitrogens with two attached hydrogens (primary N) is 1. The molecule has 0 saturated carbocycles. The van der Waals surface area contributed by atoms with Gasteiger partial charge in [0, 0.05) is 59.9 Å². The van der Waals surface area contributed by atoms with Gasteiger partial charge in [0.15, 0.2) is 0 Å². The Balaban J connectivity index is 1.28. The minimum atomic E-state index is -1.59. The minimum absolute atomic E-state index is 0.0453. The van der Waals surface area contributed by atoms with E-state index in [9.17, 15) is 48.9 Å². The maximum atomic E-state index is 14.7. The number of phenolic OH excluding ortho intramolecular Hbond substituents is 1. The van der Waals surface area contributed by atoms with E-state index >= 15 is 0 Å². The lowest BCUT2D eigenvalue weighted by Crippen LogP contribution is -2.61. The summed E-state index contributed by atoms with van der Waals surface area (Å²) in [5.74, 6) is -6.93. The van der Waals surface area contributed by atoms with Gasteiger partial charge in [-0.05, 0) is 65.3 Å². The van der Waals surface area contributed by atoms with Crippen molar-refractivity contribution in [1.29, 1.82) is 0 Å². The number of hydrogen-bond acceptors (Lipinski definition) is 9. The Morgan fingerprint density at radius 2 is 1.01 bits per heavy atom. The van der Waals surface area contributed by atoms with Gasteiger partial charge in [0.1, 0.15) is 36.0 Å². The van der Waals surface area contributed by atoms with E-state index in [1.807, 2.05) is 55.5 Å². The number of amides is 5. The number of aromatic hydroxyl groups is 1. The highest BCUT2D eigenvalue weighted by atomic mass is 16.4. The number of para-hydroxylation sites is 2. The summed E-state index contributed by atoms with van der Waals surface area (Å²) in [5, 5.41) is 44.0. The van der Waals surface area contributed by atoms with Crippen molar-refractivity contribution in [3.63, 3.8) is 0 Å². The molecule has 0 saturated heterocycles. The van der Waals surface area contributed by atoms with Crippen LogP contribution in [0.25, 0.3) is 21.8 Å². The van der Waals surface area contributed by atoms with E-state index in [-0.39, 0.29) is 31.4 Å². The first-order chi connectivity index (χ1) is 33.1. The first-order valence-electron chi connectivity index (χ1n) is 22.7. The molecule has 18 heteroatoms. The number of rotatable bonds is 24. The van der Waals surface area contributed by atoms with E-state index in [2.05, 4.69) is 36.6 Å². The molecule has 6 rings (SSSR count). The first kappa shape index (κ1) is 50.4. The number of carbonyl (C=O) groups is 7. The molecule has 18 nitrogen and oxygen atoms in total. The van der Waals surface area contributed by atoms with Gasteiger partial charge < -0.3 is 57.6 Å². The third-order valence-corrected chi connectivity index (χ3v) is 12.2. The van der Waals surface area contributed by atoms with Crippen molar-refractivity contribution in [3.8, 4) is 5.75 Å². The minimum Gasteiger partial charge on any atom is -0.508 e. The molecule has 0 fully saturated rings. The molecule has 0 aliphatic rings. The maximum Gasteiger partial charge on any atom is 0.326 e. The second-order valence-electron chi connectivity index (χ2n) is 17.2. The predicted molar refractivity (Wildman–Crippen MR) is 258 cm³/mol. The lowest BCUT2D eigenvalue weighted by atomic mass is 9.96. The maximum absolute atomic E-state index is 14.7. The third-order valence-electron chi connectivity index (χ3n) is 12.2. The molecule has 0 aliphatic heterocycles. The van der Waals surface area contributed by atoms with Crippen LogP contribution in [0.2, 0.25) is 0 Å². The van der Waals surface area contributed by atoms with E-state index in [1.54, 1.807) is 61.8 Å². The normalized spacial score (nSPS) is 14.3. The highest BCUT2D eigenvalue weighted by Crippen LogP contribution is 2.22. The molecule has 2 aromatic heterocycles. The standard InChI is InChI=1S/C51H58N8O10/c1-3-29(2)45(59-49(66)41(24-30-11-5-4-6-12-30)56-46(63)37(52)23-31-17-19-34(60)20-18-31)50(67)58-43(26-33-28-54-39-16-10-8-14-36(33)39)48(65)57-42(25-32-27-53-38-15-9-7-13-35(32)38)47(64)55-40(51(68)69)21-22-44(61)62/h4-20,27-29,37,40-43,45,53-54,60H,3,21-26,52H2,1-2H3,(H,55,64)(H,56,63)(H,57,65)(H,58,67)(H,59,66)(H,61,62)(H,68,69)/t29-,37-,40-,41-,42-,43-,45-/m0/s1. The number of carbonyl (C=O) groups excluding carboxylic acids is 5. The molecule has 4 aromatic carbocycles. The molecule has 6 aromatic rings. The molecule has 7 atom stereocenters. The molecule has 69 heavy (non-hydrogen) atoms. The van der Waals surface area contributed by atoms with Gasteiger partial charge in [0.2, 0.25) is 29.5 Å². The summed E-state index contributed by atoms with van der Waals surface area (Å²) in [6.07, 6.45) is 2.74. The largest absolute Gasteiger partial charge is 0.508 e. The molecular weight excluding hydrogens is 885 g/mol. The van der Waals surface area contributed by atoms with Gasteiger partial charge >= 0.3 is 11.9 Å². The van der Waals surface area contributed by atoms with Crippen molar-refractivity contribution >= 4 is 63.3 Å². The number of H-pyrrole nitrogens is 2. The molecule has 0 bridgehead atoms. The van der Waals surface area contributed by atoms with Crippen molar-refractivity contribution in [3.05, 3.63) is 138 Å². The number of nitrogens with one attached hydrogen (secondary N) is 7. The zero-order chi connectivity index (χ0) is 49.6. The van der Waals surface area contributed by atoms with Gasteiger partial charge in [-0.2, -0.15) is 0 Å². The number of hydrogen-bond donors (Lipinski definition) is 11. The number of fused-ring (bicyclic) bond motifs is 2. The molecule has 2 heterocycles. The summed E-state index contributed by atoms with van der Waals surface area (Å²) in [7, 11) is 0. The molecule has 0 unspecified atom stereocenters. The number of carboxylic acid groups (broad SMARTS) is 2. The Hall–Kier alpha value is -7.99. The Morgan fingerprint density at radius 3 is 1.55 bits per heavy atom. The van der Waals surface area contributed by atoms with Gasteiger partial charge in [-0.3, -0.25) is 28.8 Å². The van der Waals surface area contributed by atoms with Crippen LogP contribution in [0.3, 0.4) is 0 Å². The molecule has 5 amide bonds. The van der Waals surface area contributed by atoms with Crippen molar-refractivity contribution < 1.29 is 48.9 Å². The van der Waals surface area contributed by atoms with Crippen LogP contribution >= 0.6 is 0 Å². The average molecular weight is 943 g/mol. The number of carboxylic acids is 2. The Labute approximate surface area is 397 Å². The number of phenols is 1. The van der Waals surface area contributed by atoms with Gasteiger partial charge in [-0.25, -0.2) is 4.79 Å². The summed E-state index contributed by atoms with van der Waals surface area (Å²) < 4.78 is 0. The molecule has 362 valence electrons. The van der Waals surface area contributed by atoms with Gasteiger partial charge in [0.25, 0.3) is 0 Å². The molecule has 0 spiro atoms. The number of benzene rings is 4. The zero-order valence-electron chi connectivity index (χ0n) is 38.2. The average Bonchev–Trinajstić information content (AvgIpc) is 3.95. The first-order valence-corrected chi connectivity index (χ1v) is 22.7. The van der Waals surface area contributed by atoms with Gasteiger partial charge in [0.05, 0.1) is 6.04 Å². The Morgan fingerprint density at radius 1 is 0.551 bits per heavy atom. The van der Waals surface area contributed by atoms with Crippen molar-refractivity contribution in [2.45, 2.75) is 95.0 Å². The zero-order valence-corrected chi connectivity index (χ0v) is 38.2. The number of aliphatic carboxylic acids is 2. The second kappa shape index (κ2) is 23.6. The summed E-state index contributed by atoms with van der Waals surface area (Å²) in [5.41, 5.74) is 10.5. The van der Waals surface area contributed by atoms with Crippen molar-refractivity contribution in [2.75, 3.05) is 0 Å². The highest BCUT2D eigenvalue weighted by Gasteiger charge is 2.35. The van der Waals surface area contributed by atoms with E-state index in [0.29, 0.717) is 28.7 Å². The van der Waals surface area contributed by atoms with E-state index in [1.165, 1.54) is 12.1 Å². The summed E-state index contributed by atoms with van der Waals surface area (Å²) in [6, 6.07) is 21.9. The summed E-state index contributed by atoms with van der Waals surface area (Å²) in [4.78, 5) is 101. The molecule has 12 N–H and O–H groups in total. The predicted octanol–water partition coefficient (Wildman–Crippen LogP) is 3.37. The summed E-state index contributed by atoms with van der Waals surface area (Å²) >= 11 is 0. The quantitative estimate of drug-likeness (QED) is 0.0418. The SMILES string of the molecule is CC[C@H](C)[C@H](NC(=O)[C@H](Cc1ccccc1)NC(=O)[C@@H](N)Cc1ccc(O)cc1)C(=O)N[C@@H](Cc1c[nH]c2ccccc12)C(=O)N[C@@H](Cc1c[nH]c2ccccc12)C(=O)N[C@@H](CCC(=O)O)C(=O)O. The lowest BCUT2D eigenvalue weighted by molar-refractivity contribution is -0.143. The monoisotopic (exact) mass is 942 g/mol. The molecular formula is C51H58N8O10. The van der Waals surface area contributed by atoms with Crippen LogP contribution in [0, 0.1) is 5.92 Å². The fourth-order valence-electron chi connectivity index (χ4n) is 8.06. The van der Waals surface area contributed by atoms with Crippen molar-refractivity contribution in [1.82, 2.24) is 36.6 Å². The van der Waals surface area contributed by atoms with E-state index < -0.39 is 96.5 Å². The van der Waals surface area contributed by atoms with Crippen LogP contribution in [0.5, 0.6) is 5.75 Å². The van der Waals surface area contributed by atoms with E-state index in [4.69, 9.17) is 5.73 Å². The number of aromatic nitrogens is 2. The van der Waals surface area contributed by atoms with Gasteiger partial charge in [-0.15, -0.1) is 0 Å². The topological polar surface area (TPSA) is 298 Å². The van der Waals surface area contributed by atoms with Crippen LogP contribution < -0.4 is 32.3 Å². The lowest BCUT2D eigenvalue weighted by Gasteiger charge is -2.29.